The van der Waals surface area contributed by atoms with Crippen molar-refractivity contribution < 1.29 is 0 Å². The van der Waals surface area contributed by atoms with Gasteiger partial charge in [-0.15, -0.1) is 0 Å². The Morgan fingerprint density at radius 1 is 0.667 bits per heavy atom. The molecule has 58 valence electrons. The molecular formula is C8H21N. The summed E-state index contributed by atoms with van der Waals surface area (Å²) in [4.78, 5) is 0. The molecule has 1 heteroatoms. The Labute approximate surface area is 59.4 Å². The summed E-state index contributed by atoms with van der Waals surface area (Å²) in [5, 5.41) is 0. The van der Waals surface area contributed by atoms with Gasteiger partial charge in [0.2, 0.25) is 0 Å². The summed E-state index contributed by atoms with van der Waals surface area (Å²) in [5.41, 5.74) is 0. The molecule has 0 aliphatic heterocycles. The molecule has 0 aromatic rings. The number of rotatable bonds is 5. The van der Waals surface area contributed by atoms with Gasteiger partial charge in [-0.3, -0.25) is 0 Å². The van der Waals surface area contributed by atoms with Gasteiger partial charge in [-0.25, -0.2) is 0 Å². The van der Waals surface area contributed by atoms with Gasteiger partial charge in [0.1, 0.15) is 0 Å². The lowest BCUT2D eigenvalue weighted by molar-refractivity contribution is 0.624. The SMILES string of the molecule is CCCCCCCC.N. The topological polar surface area (TPSA) is 35.0 Å². The van der Waals surface area contributed by atoms with Crippen molar-refractivity contribution in [2.24, 2.45) is 0 Å². The minimum Gasteiger partial charge on any atom is -0.344 e. The van der Waals surface area contributed by atoms with Gasteiger partial charge in [-0.2, -0.15) is 0 Å². The fourth-order valence-corrected chi connectivity index (χ4v) is 0.854. The van der Waals surface area contributed by atoms with Crippen LogP contribution in [0.3, 0.4) is 0 Å². The zero-order valence-electron chi connectivity index (χ0n) is 6.95. The van der Waals surface area contributed by atoms with Gasteiger partial charge in [0.25, 0.3) is 0 Å². The summed E-state index contributed by atoms with van der Waals surface area (Å²) in [6.45, 7) is 4.51. The summed E-state index contributed by atoms with van der Waals surface area (Å²) < 4.78 is 0. The Hall–Kier alpha value is -0.0400. The second kappa shape index (κ2) is 10.9. The smallest absolute Gasteiger partial charge is 0.0533 e. The van der Waals surface area contributed by atoms with Crippen molar-refractivity contribution in [3.63, 3.8) is 0 Å². The van der Waals surface area contributed by atoms with Crippen LogP contribution in [-0.2, 0) is 0 Å². The quantitative estimate of drug-likeness (QED) is 0.569. The van der Waals surface area contributed by atoms with Crippen LogP contribution in [0.2, 0.25) is 0 Å². The Kier molecular flexibility index (Phi) is 14.1. The average Bonchev–Trinajstić information content (AvgIpc) is 1.81. The molecule has 0 amide bonds. The van der Waals surface area contributed by atoms with E-state index in [4.69, 9.17) is 0 Å². The maximum Gasteiger partial charge on any atom is -0.0533 e. The predicted molar refractivity (Wildman–Crippen MR) is 44.1 cm³/mol. The van der Waals surface area contributed by atoms with Crippen LogP contribution >= 0.6 is 0 Å². The molecule has 1 nitrogen and oxygen atoms in total. The van der Waals surface area contributed by atoms with Crippen LogP contribution in [0, 0.1) is 0 Å². The number of hydrogen-bond donors (Lipinski definition) is 1. The van der Waals surface area contributed by atoms with E-state index in [0.717, 1.165) is 0 Å². The molecule has 0 aliphatic rings. The lowest BCUT2D eigenvalue weighted by atomic mass is 10.1. The van der Waals surface area contributed by atoms with Crippen molar-refractivity contribution in [2.75, 3.05) is 0 Å². The van der Waals surface area contributed by atoms with E-state index in [1.165, 1.54) is 38.5 Å². The molecule has 0 aromatic carbocycles. The maximum absolute atomic E-state index is 2.26. The summed E-state index contributed by atoms with van der Waals surface area (Å²) in [7, 11) is 0. The van der Waals surface area contributed by atoms with Gasteiger partial charge in [0.15, 0.2) is 0 Å². The average molecular weight is 131 g/mol. The zero-order valence-corrected chi connectivity index (χ0v) is 6.95. The third kappa shape index (κ3) is 11.5. The van der Waals surface area contributed by atoms with Crippen LogP contribution < -0.4 is 6.15 Å². The molecule has 3 N–H and O–H groups in total. The van der Waals surface area contributed by atoms with Gasteiger partial charge in [0, 0.05) is 0 Å². The van der Waals surface area contributed by atoms with Crippen LogP contribution in [-0.4, -0.2) is 0 Å². The van der Waals surface area contributed by atoms with Gasteiger partial charge < -0.3 is 6.15 Å². The lowest BCUT2D eigenvalue weighted by Gasteiger charge is -1.93. The molecule has 0 saturated heterocycles. The fourth-order valence-electron chi connectivity index (χ4n) is 0.854. The van der Waals surface area contributed by atoms with Crippen LogP contribution in [0.5, 0.6) is 0 Å². The minimum atomic E-state index is 0. The van der Waals surface area contributed by atoms with Crippen molar-refractivity contribution >= 4 is 0 Å². The molecular weight excluding hydrogens is 110 g/mol. The van der Waals surface area contributed by atoms with E-state index in [0.29, 0.717) is 0 Å². The second-order valence-electron chi connectivity index (χ2n) is 2.41. The van der Waals surface area contributed by atoms with Gasteiger partial charge in [-0.1, -0.05) is 52.4 Å². The van der Waals surface area contributed by atoms with Gasteiger partial charge in [-0.05, 0) is 0 Å². The molecule has 0 atom stereocenters. The van der Waals surface area contributed by atoms with E-state index in [1.54, 1.807) is 0 Å². The van der Waals surface area contributed by atoms with E-state index in [2.05, 4.69) is 13.8 Å². The highest BCUT2D eigenvalue weighted by molar-refractivity contribution is 4.39. The van der Waals surface area contributed by atoms with Crippen molar-refractivity contribution in [3.05, 3.63) is 0 Å². The second-order valence-corrected chi connectivity index (χ2v) is 2.41. The van der Waals surface area contributed by atoms with E-state index < -0.39 is 0 Å². The van der Waals surface area contributed by atoms with Gasteiger partial charge >= 0.3 is 0 Å². The molecule has 0 radical (unpaired) electrons. The summed E-state index contributed by atoms with van der Waals surface area (Å²) >= 11 is 0. The maximum atomic E-state index is 2.26. The van der Waals surface area contributed by atoms with Crippen LogP contribution in [0.25, 0.3) is 0 Å². The van der Waals surface area contributed by atoms with Crippen molar-refractivity contribution in [1.29, 1.82) is 0 Å². The largest absolute Gasteiger partial charge is 0.344 e. The first kappa shape index (κ1) is 11.7. The zero-order chi connectivity index (χ0) is 6.24. The van der Waals surface area contributed by atoms with Crippen LogP contribution in [0.15, 0.2) is 0 Å². The van der Waals surface area contributed by atoms with Crippen LogP contribution in [0.4, 0.5) is 0 Å². The molecule has 0 unspecified atom stereocenters. The molecule has 0 aromatic heterocycles. The molecule has 0 heterocycles. The first-order valence-corrected chi connectivity index (χ1v) is 3.91. The predicted octanol–water partition coefficient (Wildman–Crippen LogP) is 3.53. The number of unbranched alkanes of at least 4 members (excludes halogenated alkanes) is 5. The van der Waals surface area contributed by atoms with Crippen molar-refractivity contribution in [2.45, 2.75) is 52.4 Å². The Morgan fingerprint density at radius 3 is 1.22 bits per heavy atom. The van der Waals surface area contributed by atoms with E-state index >= 15 is 0 Å². The minimum absolute atomic E-state index is 0. The van der Waals surface area contributed by atoms with Crippen molar-refractivity contribution in [1.82, 2.24) is 6.15 Å². The molecule has 9 heavy (non-hydrogen) atoms. The normalized spacial score (nSPS) is 8.67. The molecule has 0 bridgehead atoms. The Morgan fingerprint density at radius 2 is 1.00 bits per heavy atom. The number of hydrogen-bond acceptors (Lipinski definition) is 1. The molecule has 0 fully saturated rings. The molecule has 0 aliphatic carbocycles. The summed E-state index contributed by atoms with van der Waals surface area (Å²) in [5.74, 6) is 0. The first-order valence-electron chi connectivity index (χ1n) is 3.91. The van der Waals surface area contributed by atoms with E-state index in [-0.39, 0.29) is 6.15 Å². The standard InChI is InChI=1S/C8H18.H3N/c1-3-5-7-8-6-4-2;/h3-8H2,1-2H3;1H3. The Bertz CT molecular complexity index is 29.5. The lowest BCUT2D eigenvalue weighted by Crippen LogP contribution is -1.73. The van der Waals surface area contributed by atoms with E-state index in [1.807, 2.05) is 0 Å². The monoisotopic (exact) mass is 131 g/mol. The summed E-state index contributed by atoms with van der Waals surface area (Å²) in [6, 6.07) is 0. The highest BCUT2D eigenvalue weighted by Gasteiger charge is 1.83. The molecule has 0 saturated carbocycles. The molecule has 0 rings (SSSR count). The molecule has 0 spiro atoms. The van der Waals surface area contributed by atoms with Gasteiger partial charge in [0.05, 0.1) is 0 Å². The van der Waals surface area contributed by atoms with Crippen LogP contribution in [0.1, 0.15) is 52.4 Å². The first-order chi connectivity index (χ1) is 3.91. The highest BCUT2D eigenvalue weighted by atomic mass is 14.0. The third-order valence-electron chi connectivity index (χ3n) is 1.46. The highest BCUT2D eigenvalue weighted by Crippen LogP contribution is 2.03. The van der Waals surface area contributed by atoms with E-state index in [9.17, 15) is 0 Å². The Balaban J connectivity index is 0. The fraction of sp³-hybridized carbons (Fsp3) is 1.00. The van der Waals surface area contributed by atoms with Crippen molar-refractivity contribution in [3.8, 4) is 0 Å². The summed E-state index contributed by atoms with van der Waals surface area (Å²) in [6.07, 6.45) is 8.49. The third-order valence-corrected chi connectivity index (χ3v) is 1.46.